The Kier molecular flexibility index (Phi) is 1.77. The standard InChI is InChI=1S/C8H9N3O3/c9-6-4(7(12)13)5(3-1-2-3)10-8(14)11-6/h3H,1-2H2,(H,12,13)(H3,9,10,11,14). The molecule has 0 atom stereocenters. The molecule has 1 aliphatic carbocycles. The highest BCUT2D eigenvalue weighted by molar-refractivity contribution is 5.94. The Hall–Kier alpha value is -1.85. The molecule has 74 valence electrons. The number of nitrogens with zero attached hydrogens (tertiary/aromatic N) is 1. The van der Waals surface area contributed by atoms with Crippen LogP contribution < -0.4 is 11.4 Å². The van der Waals surface area contributed by atoms with E-state index < -0.39 is 11.7 Å². The largest absolute Gasteiger partial charge is 0.477 e. The molecule has 1 heterocycles. The molecule has 0 spiro atoms. The second-order valence-electron chi connectivity index (χ2n) is 3.30. The molecule has 0 aromatic carbocycles. The van der Waals surface area contributed by atoms with E-state index in [2.05, 4.69) is 9.97 Å². The van der Waals surface area contributed by atoms with Gasteiger partial charge in [-0.3, -0.25) is 0 Å². The molecule has 4 N–H and O–H groups in total. The zero-order valence-corrected chi connectivity index (χ0v) is 7.28. The van der Waals surface area contributed by atoms with Crippen molar-refractivity contribution in [2.24, 2.45) is 0 Å². The first-order chi connectivity index (χ1) is 6.59. The van der Waals surface area contributed by atoms with Gasteiger partial charge in [0.1, 0.15) is 11.4 Å². The van der Waals surface area contributed by atoms with E-state index in [0.29, 0.717) is 5.69 Å². The number of aromatic carboxylic acids is 1. The maximum Gasteiger partial charge on any atom is 0.347 e. The number of carbonyl (C=O) groups is 1. The molecule has 0 unspecified atom stereocenters. The molecule has 0 saturated heterocycles. The van der Waals surface area contributed by atoms with Crippen LogP contribution in [0.5, 0.6) is 0 Å². The van der Waals surface area contributed by atoms with Gasteiger partial charge in [-0.15, -0.1) is 0 Å². The first-order valence-electron chi connectivity index (χ1n) is 4.22. The lowest BCUT2D eigenvalue weighted by Crippen LogP contribution is -2.20. The Morgan fingerprint density at radius 3 is 2.71 bits per heavy atom. The van der Waals surface area contributed by atoms with Crippen LogP contribution in [-0.4, -0.2) is 21.0 Å². The molecule has 0 radical (unpaired) electrons. The SMILES string of the molecule is Nc1nc(=O)[nH]c(C2CC2)c1C(=O)O. The van der Waals surface area contributed by atoms with Gasteiger partial charge in [0, 0.05) is 11.6 Å². The van der Waals surface area contributed by atoms with Crippen molar-refractivity contribution < 1.29 is 9.90 Å². The van der Waals surface area contributed by atoms with Gasteiger partial charge < -0.3 is 15.8 Å². The van der Waals surface area contributed by atoms with Gasteiger partial charge in [-0.25, -0.2) is 9.59 Å². The summed E-state index contributed by atoms with van der Waals surface area (Å²) < 4.78 is 0. The molecular weight excluding hydrogens is 186 g/mol. The van der Waals surface area contributed by atoms with Crippen molar-refractivity contribution in [2.45, 2.75) is 18.8 Å². The smallest absolute Gasteiger partial charge is 0.347 e. The summed E-state index contributed by atoms with van der Waals surface area (Å²) in [5.74, 6) is -1.23. The third kappa shape index (κ3) is 1.34. The van der Waals surface area contributed by atoms with Crippen LogP contribution >= 0.6 is 0 Å². The molecular formula is C8H9N3O3. The van der Waals surface area contributed by atoms with E-state index in [1.165, 1.54) is 0 Å². The fourth-order valence-corrected chi connectivity index (χ4v) is 1.41. The first kappa shape index (κ1) is 8.74. The van der Waals surface area contributed by atoms with Crippen LogP contribution in [0.3, 0.4) is 0 Å². The number of hydrogen-bond donors (Lipinski definition) is 3. The summed E-state index contributed by atoms with van der Waals surface area (Å²) in [4.78, 5) is 27.6. The lowest BCUT2D eigenvalue weighted by atomic mass is 10.1. The highest BCUT2D eigenvalue weighted by Gasteiger charge is 2.31. The lowest BCUT2D eigenvalue weighted by Gasteiger charge is -2.05. The van der Waals surface area contributed by atoms with Crippen molar-refractivity contribution in [2.75, 3.05) is 5.73 Å². The van der Waals surface area contributed by atoms with Gasteiger partial charge in [-0.05, 0) is 12.8 Å². The predicted octanol–water partition coefficient (Wildman–Crippen LogP) is -0.0723. The Morgan fingerprint density at radius 2 is 2.21 bits per heavy atom. The van der Waals surface area contributed by atoms with Gasteiger partial charge in [0.2, 0.25) is 0 Å². The van der Waals surface area contributed by atoms with Crippen LogP contribution in [0.15, 0.2) is 4.79 Å². The summed E-state index contributed by atoms with van der Waals surface area (Å²) in [6.45, 7) is 0. The Bertz CT molecular complexity index is 448. The second-order valence-corrected chi connectivity index (χ2v) is 3.30. The number of nitrogens with one attached hydrogen (secondary N) is 1. The van der Waals surface area contributed by atoms with E-state index in [4.69, 9.17) is 10.8 Å². The zero-order chi connectivity index (χ0) is 10.3. The average molecular weight is 195 g/mol. The third-order valence-electron chi connectivity index (χ3n) is 2.19. The summed E-state index contributed by atoms with van der Waals surface area (Å²) in [7, 11) is 0. The van der Waals surface area contributed by atoms with Crippen molar-refractivity contribution in [1.29, 1.82) is 0 Å². The van der Waals surface area contributed by atoms with Crippen molar-refractivity contribution in [3.63, 3.8) is 0 Å². The summed E-state index contributed by atoms with van der Waals surface area (Å²) >= 11 is 0. The van der Waals surface area contributed by atoms with Crippen LogP contribution in [-0.2, 0) is 0 Å². The van der Waals surface area contributed by atoms with Crippen molar-refractivity contribution in [1.82, 2.24) is 9.97 Å². The van der Waals surface area contributed by atoms with Crippen LogP contribution in [0.25, 0.3) is 0 Å². The molecule has 1 fully saturated rings. The Morgan fingerprint density at radius 1 is 1.57 bits per heavy atom. The highest BCUT2D eigenvalue weighted by atomic mass is 16.4. The van der Waals surface area contributed by atoms with Crippen molar-refractivity contribution in [3.05, 3.63) is 21.7 Å². The van der Waals surface area contributed by atoms with Gasteiger partial charge >= 0.3 is 11.7 Å². The zero-order valence-electron chi connectivity index (χ0n) is 7.28. The molecule has 2 rings (SSSR count). The van der Waals surface area contributed by atoms with E-state index in [0.717, 1.165) is 12.8 Å². The van der Waals surface area contributed by atoms with Gasteiger partial charge in [0.25, 0.3) is 0 Å². The Labute approximate surface area is 78.8 Å². The van der Waals surface area contributed by atoms with Gasteiger partial charge in [0.15, 0.2) is 0 Å². The number of nitrogen functional groups attached to an aromatic ring is 1. The van der Waals surface area contributed by atoms with E-state index >= 15 is 0 Å². The van der Waals surface area contributed by atoms with Crippen molar-refractivity contribution in [3.8, 4) is 0 Å². The molecule has 1 aromatic rings. The first-order valence-corrected chi connectivity index (χ1v) is 4.22. The third-order valence-corrected chi connectivity index (χ3v) is 2.19. The second kappa shape index (κ2) is 2.83. The number of H-pyrrole nitrogens is 1. The average Bonchev–Trinajstić information content (AvgIpc) is 2.82. The number of hydrogen-bond acceptors (Lipinski definition) is 4. The fraction of sp³-hybridized carbons (Fsp3) is 0.375. The lowest BCUT2D eigenvalue weighted by molar-refractivity contribution is 0.0696. The molecule has 6 heteroatoms. The van der Waals surface area contributed by atoms with E-state index in [1.807, 2.05) is 0 Å². The van der Waals surface area contributed by atoms with Crippen LogP contribution in [0.1, 0.15) is 34.8 Å². The topological polar surface area (TPSA) is 109 Å². The van der Waals surface area contributed by atoms with Crippen molar-refractivity contribution >= 4 is 11.8 Å². The van der Waals surface area contributed by atoms with Crippen LogP contribution in [0.4, 0.5) is 5.82 Å². The Balaban J connectivity index is 2.64. The number of aromatic amines is 1. The highest BCUT2D eigenvalue weighted by Crippen LogP contribution is 2.40. The molecule has 1 aromatic heterocycles. The molecule has 14 heavy (non-hydrogen) atoms. The molecule has 0 aliphatic heterocycles. The molecule has 6 nitrogen and oxygen atoms in total. The fourth-order valence-electron chi connectivity index (χ4n) is 1.41. The molecule has 1 aliphatic rings. The number of carboxylic acids is 1. The minimum atomic E-state index is -1.15. The number of nitrogens with two attached hydrogens (primary N) is 1. The summed E-state index contributed by atoms with van der Waals surface area (Å²) in [5, 5.41) is 8.87. The number of aromatic nitrogens is 2. The maximum absolute atomic E-state index is 11.0. The predicted molar refractivity (Wildman–Crippen MR) is 48.2 cm³/mol. The minimum Gasteiger partial charge on any atom is -0.477 e. The number of carboxylic acid groups (broad SMARTS) is 1. The van der Waals surface area contributed by atoms with E-state index in [9.17, 15) is 9.59 Å². The summed E-state index contributed by atoms with van der Waals surface area (Å²) in [6, 6.07) is 0. The van der Waals surface area contributed by atoms with Gasteiger partial charge in [0.05, 0.1) is 0 Å². The minimum absolute atomic E-state index is 0.0629. The molecule has 0 amide bonds. The molecule has 1 saturated carbocycles. The maximum atomic E-state index is 11.0. The number of anilines is 1. The molecule has 0 bridgehead atoms. The van der Waals surface area contributed by atoms with Crippen LogP contribution in [0, 0.1) is 0 Å². The van der Waals surface area contributed by atoms with Gasteiger partial charge in [-0.2, -0.15) is 4.98 Å². The monoisotopic (exact) mass is 195 g/mol. The van der Waals surface area contributed by atoms with E-state index in [-0.39, 0.29) is 17.3 Å². The van der Waals surface area contributed by atoms with Gasteiger partial charge in [-0.1, -0.05) is 0 Å². The van der Waals surface area contributed by atoms with Crippen LogP contribution in [0.2, 0.25) is 0 Å². The van der Waals surface area contributed by atoms with E-state index in [1.54, 1.807) is 0 Å². The normalized spacial score (nSPS) is 15.4. The summed E-state index contributed by atoms with van der Waals surface area (Å²) in [6.07, 6.45) is 1.78. The number of rotatable bonds is 2. The quantitative estimate of drug-likeness (QED) is 0.611. The summed E-state index contributed by atoms with van der Waals surface area (Å²) in [5.41, 5.74) is 5.14.